The van der Waals surface area contributed by atoms with Gasteiger partial charge in [0.05, 0.1) is 32.1 Å². The van der Waals surface area contributed by atoms with Crippen molar-refractivity contribution in [2.75, 3.05) is 46.3 Å². The Kier molecular flexibility index (Phi) is 46.0. The number of anilines is 1. The van der Waals surface area contributed by atoms with E-state index in [0.717, 1.165) is 35.2 Å². The number of nitrogens with two attached hydrogens (primary N) is 1. The van der Waals surface area contributed by atoms with Crippen LogP contribution in [0.15, 0.2) is 89.4 Å². The number of ether oxygens (including phenoxy) is 4. The summed E-state index contributed by atoms with van der Waals surface area (Å²) in [5, 5.41) is -3.44. The summed E-state index contributed by atoms with van der Waals surface area (Å²) in [7, 11) is 10.5. The molecule has 0 aliphatic carbocycles. The van der Waals surface area contributed by atoms with Gasteiger partial charge in [-0.15, -0.1) is 0 Å². The maximum atomic E-state index is 14.1. The molecule has 0 bridgehead atoms. The fraction of sp³-hybridized carbons (Fsp3) is 0.403. The lowest BCUT2D eigenvalue weighted by atomic mass is 10.0. The van der Waals surface area contributed by atoms with Crippen LogP contribution in [0.4, 0.5) is 23.7 Å². The molecule has 6 aromatic rings. The van der Waals surface area contributed by atoms with Gasteiger partial charge in [-0.2, -0.15) is 0 Å². The Morgan fingerprint density at radius 1 is 0.485 bits per heavy atom. The highest BCUT2D eigenvalue weighted by Gasteiger charge is 2.47. The average Bonchev–Trinajstić information content (AvgIpc) is 0.799. The van der Waals surface area contributed by atoms with Crippen molar-refractivity contribution in [3.8, 4) is 0 Å². The smallest absolute Gasteiger partial charge is 0.346 e. The highest BCUT2D eigenvalue weighted by atomic mass is 127. The van der Waals surface area contributed by atoms with Crippen LogP contribution < -0.4 is 39.5 Å². The minimum Gasteiger partial charge on any atom is -0.465 e. The number of amides is 4. The molecule has 3 aromatic heterocycles. The zero-order chi connectivity index (χ0) is 71.4. The van der Waals surface area contributed by atoms with Crippen LogP contribution >= 0.6 is 95.7 Å². The van der Waals surface area contributed by atoms with Crippen LogP contribution in [0.2, 0.25) is 5.15 Å². The van der Waals surface area contributed by atoms with Gasteiger partial charge in [0.25, 0.3) is 28.5 Å². The highest BCUT2D eigenvalue weighted by Crippen LogP contribution is 2.61. The van der Waals surface area contributed by atoms with Gasteiger partial charge in [0.2, 0.25) is 5.92 Å². The molecule has 1 aliphatic heterocycles. The summed E-state index contributed by atoms with van der Waals surface area (Å²) >= 11 is 23.6. The van der Waals surface area contributed by atoms with Crippen molar-refractivity contribution >= 4 is 143 Å². The Morgan fingerprint density at radius 2 is 0.808 bits per heavy atom. The van der Waals surface area contributed by atoms with Crippen molar-refractivity contribution in [2.45, 2.75) is 85.1 Å². The van der Waals surface area contributed by atoms with E-state index in [2.05, 4.69) is 43.2 Å². The number of benzene rings is 3. The third kappa shape index (κ3) is 27.3. The van der Waals surface area contributed by atoms with Crippen molar-refractivity contribution in [3.63, 3.8) is 0 Å². The number of nitrogens with zero attached hydrogens (tertiary/aromatic N) is 8. The molecule has 7 rings (SSSR count). The van der Waals surface area contributed by atoms with E-state index in [9.17, 15) is 80.1 Å². The molecular formula is C62H85Cl4F3I2N9O18P. The van der Waals surface area contributed by atoms with Gasteiger partial charge in [0.1, 0.15) is 33.7 Å². The average molecular weight is 1730 g/mol. The second-order valence-electron chi connectivity index (χ2n) is 18.6. The third-order valence-corrected chi connectivity index (χ3v) is 14.3. The van der Waals surface area contributed by atoms with Crippen molar-refractivity contribution < 1.29 is 70.2 Å². The zero-order valence-electron chi connectivity index (χ0n) is 51.4. The molecule has 0 saturated carbocycles. The molecule has 1 aliphatic rings. The first-order valence-electron chi connectivity index (χ1n) is 26.6. The normalized spacial score (nSPS) is 11.1. The predicted molar refractivity (Wildman–Crippen MR) is 395 cm³/mol. The Labute approximate surface area is 617 Å². The Hall–Kier alpha value is -7.37. The summed E-state index contributed by atoms with van der Waals surface area (Å²) in [6.45, 7) is 6.76. The van der Waals surface area contributed by atoms with Crippen LogP contribution in [0.3, 0.4) is 0 Å². The zero-order valence-corrected chi connectivity index (χ0v) is 59.7. The molecule has 0 unspecified atom stereocenters. The molecule has 37 heteroatoms. The minimum absolute atomic E-state index is 0. The lowest BCUT2D eigenvalue weighted by Gasteiger charge is -2.31. The van der Waals surface area contributed by atoms with Crippen molar-refractivity contribution in [1.29, 1.82) is 0 Å². The molecule has 4 heterocycles. The molecule has 554 valence electrons. The summed E-state index contributed by atoms with van der Waals surface area (Å²) in [6, 6.07) is 14.6. The fourth-order valence-corrected chi connectivity index (χ4v) is 8.84. The Morgan fingerprint density at radius 3 is 1.15 bits per heavy atom. The number of hydrogen-bond donors (Lipinski definition) is 1. The molecular weight excluding hydrogens is 1640 g/mol. The lowest BCUT2D eigenvalue weighted by molar-refractivity contribution is -0.162. The monoisotopic (exact) mass is 1730 g/mol. The summed E-state index contributed by atoms with van der Waals surface area (Å²) in [5.41, 5.74) is 1.37. The largest absolute Gasteiger partial charge is 0.465 e. The molecule has 0 atom stereocenters. The number of aromatic nitrogens is 6. The van der Waals surface area contributed by atoms with Crippen LogP contribution in [0.25, 0.3) is 0 Å². The second-order valence-corrected chi connectivity index (χ2v) is 28.1. The minimum atomic E-state index is -3.22. The summed E-state index contributed by atoms with van der Waals surface area (Å²) in [5.74, 6) is -7.97. The first-order valence-corrected chi connectivity index (χ1v) is 33.5. The van der Waals surface area contributed by atoms with Gasteiger partial charge < -0.3 is 24.7 Å². The van der Waals surface area contributed by atoms with Crippen LogP contribution in [-0.2, 0) is 93.0 Å². The topological polar surface area (TPSA) is 338 Å². The number of carbonyl (C=O) groups excluding carboxylic acids is 7. The molecule has 2 N–H and O–H groups in total. The first-order chi connectivity index (χ1) is 43.2. The fourth-order valence-electron chi connectivity index (χ4n) is 7.70. The molecule has 0 radical (unpaired) electrons. The van der Waals surface area contributed by atoms with Crippen LogP contribution in [0.5, 0.6) is 0 Å². The Balaban J connectivity index is -0.000000369. The van der Waals surface area contributed by atoms with Gasteiger partial charge in [0, 0.05) is 87.8 Å². The van der Waals surface area contributed by atoms with Gasteiger partial charge in [-0.25, -0.2) is 46.7 Å². The van der Waals surface area contributed by atoms with Gasteiger partial charge >= 0.3 is 52.2 Å². The van der Waals surface area contributed by atoms with Gasteiger partial charge in [-0.05, 0) is 154 Å². The standard InChI is InChI=1S/C16H16FIN2O4.C16H17FN2O4.C9H11ClN2O4.C9H12N2O5.C6H5FIN.6CH4.Cl3OP/c1-4-24-15(22)13-12(19(2)16(23)20(3)14(13)21)7-9-5-6-10(18)8-11(9)17;1-4-23-15(21)13-12(9-10-7-5-6-8-11(10)17)18(2)16(22)19(3)14(13)20;1-4-16-8(14)5-6(10)11(2)9(15)12(3)7(5)13;1-4-16-8(14)5-6(12)10(2)9(15)11(3)7(5)13;7-5-3-4(8)1-2-6(5)9;;;;;;;1-5(2,3)4/h5-6,8H,4,7H2,1-3H3;5-8H,4,9H2,1-3H3;4H2,1-3H3;5H,4H2,1-3H3;1-3H,9H2;6*1H4;. The van der Waals surface area contributed by atoms with E-state index in [1.54, 1.807) is 58.0 Å². The molecule has 3 aromatic carbocycles. The summed E-state index contributed by atoms with van der Waals surface area (Å²) in [4.78, 5) is 155. The molecule has 0 spiro atoms. The molecule has 1 fully saturated rings. The number of urea groups is 1. The molecule has 4 amide bonds. The van der Waals surface area contributed by atoms with E-state index >= 15 is 0 Å². The van der Waals surface area contributed by atoms with Crippen molar-refractivity contribution in [3.05, 3.63) is 192 Å². The van der Waals surface area contributed by atoms with E-state index in [0.29, 0.717) is 0 Å². The quantitative estimate of drug-likeness (QED) is 0.0226. The van der Waals surface area contributed by atoms with Gasteiger partial charge in [-0.1, -0.05) is 80.4 Å². The van der Waals surface area contributed by atoms with Gasteiger partial charge in [0.15, 0.2) is 5.56 Å². The van der Waals surface area contributed by atoms with E-state index in [1.165, 1.54) is 95.8 Å². The van der Waals surface area contributed by atoms with Gasteiger partial charge in [-0.3, -0.25) is 70.5 Å². The molecule has 27 nitrogen and oxygen atoms in total. The predicted octanol–water partition coefficient (Wildman–Crippen LogP) is 10.4. The summed E-state index contributed by atoms with van der Waals surface area (Å²) in [6.07, 6.45) is -0.138. The van der Waals surface area contributed by atoms with Crippen molar-refractivity contribution in [2.24, 2.45) is 48.2 Å². The number of esters is 4. The SMILES string of the molecule is C.C.C.C.C.C.CCOC(=O)C1C(=O)N(C)C(=O)N(C)C1=O.CCOC(=O)c1c(Cc2ccc(I)cc2F)n(C)c(=O)n(C)c1=O.CCOC(=O)c1c(Cc2ccccc2F)n(C)c(=O)n(C)c1=O.CCOC(=O)c1c(Cl)n(C)c(=O)n(C)c1=O.Nc1ccc(I)cc1F.O=P(Cl)(Cl)Cl. The van der Waals surface area contributed by atoms with Crippen LogP contribution in [-0.4, -0.2) is 119 Å². The number of rotatable bonds is 12. The lowest BCUT2D eigenvalue weighted by Crippen LogP contribution is -2.59. The number of carbonyl (C=O) groups is 7. The first kappa shape index (κ1) is 100. The number of imide groups is 2. The van der Waals surface area contributed by atoms with Crippen molar-refractivity contribution in [1.82, 2.24) is 37.2 Å². The summed E-state index contributed by atoms with van der Waals surface area (Å²) < 4.78 is 76.5. The number of barbiturate groups is 1. The van der Waals surface area contributed by atoms with E-state index in [1.807, 2.05) is 45.2 Å². The van der Waals surface area contributed by atoms with E-state index < -0.39 is 98.2 Å². The number of halogens is 9. The highest BCUT2D eigenvalue weighted by molar-refractivity contribution is 14.1. The van der Waals surface area contributed by atoms with E-state index in [-0.39, 0.29) is 140 Å². The van der Waals surface area contributed by atoms with Crippen LogP contribution in [0, 0.1) is 30.5 Å². The number of hydrogen-bond acceptors (Lipinski definition) is 19. The maximum absolute atomic E-state index is 14.1. The Bertz CT molecular complexity index is 4240. The third-order valence-electron chi connectivity index (χ3n) is 12.5. The maximum Gasteiger partial charge on any atom is 0.346 e. The molecule has 99 heavy (non-hydrogen) atoms. The van der Waals surface area contributed by atoms with Crippen LogP contribution in [0.1, 0.15) is 126 Å². The second kappa shape index (κ2) is 45.4. The molecule has 1 saturated heterocycles. The number of nitrogen functional groups attached to an aromatic ring is 1. The van der Waals surface area contributed by atoms with E-state index in [4.69, 9.17) is 26.8 Å².